The molecule has 0 atom stereocenters. The van der Waals surface area contributed by atoms with E-state index in [0.29, 0.717) is 17.3 Å². The van der Waals surface area contributed by atoms with E-state index in [4.69, 9.17) is 21.1 Å². The summed E-state index contributed by atoms with van der Waals surface area (Å²) in [6.45, 7) is 0.101. The van der Waals surface area contributed by atoms with Gasteiger partial charge >= 0.3 is 0 Å². The standard InChI is InChI=1S/C17H17ClN2O5/c1-19(10-12-4-3-5-13(18)8-12)17(21)11-25-16-9-14(20(22)23)6-7-15(16)24-2/h3-9H,10-11H2,1-2H3. The van der Waals surface area contributed by atoms with E-state index >= 15 is 0 Å². The van der Waals surface area contributed by atoms with Crippen LogP contribution in [0.25, 0.3) is 0 Å². The molecule has 0 fully saturated rings. The molecule has 0 aliphatic heterocycles. The number of non-ortho nitro benzene ring substituents is 1. The van der Waals surface area contributed by atoms with Gasteiger partial charge in [-0.1, -0.05) is 23.7 Å². The molecule has 2 aromatic carbocycles. The van der Waals surface area contributed by atoms with Crippen molar-refractivity contribution in [3.05, 3.63) is 63.2 Å². The van der Waals surface area contributed by atoms with Crippen LogP contribution in [0.3, 0.4) is 0 Å². The lowest BCUT2D eigenvalue weighted by Gasteiger charge is -2.18. The Labute approximate surface area is 149 Å². The molecule has 0 aromatic heterocycles. The van der Waals surface area contributed by atoms with E-state index in [1.165, 1.54) is 30.2 Å². The van der Waals surface area contributed by atoms with Gasteiger partial charge in [-0.2, -0.15) is 0 Å². The highest BCUT2D eigenvalue weighted by molar-refractivity contribution is 6.30. The fourth-order valence-corrected chi connectivity index (χ4v) is 2.35. The maximum atomic E-state index is 12.2. The Kier molecular flexibility index (Phi) is 6.19. The number of likely N-dealkylation sites (N-methyl/N-ethyl adjacent to an activating group) is 1. The normalized spacial score (nSPS) is 10.2. The van der Waals surface area contributed by atoms with Crippen LogP contribution in [-0.2, 0) is 11.3 Å². The van der Waals surface area contributed by atoms with Crippen LogP contribution in [0, 0.1) is 10.1 Å². The molecule has 0 aliphatic rings. The van der Waals surface area contributed by atoms with Crippen molar-refractivity contribution in [3.8, 4) is 11.5 Å². The van der Waals surface area contributed by atoms with Gasteiger partial charge in [-0.3, -0.25) is 14.9 Å². The minimum Gasteiger partial charge on any atom is -0.493 e. The molecule has 0 bridgehead atoms. The minimum atomic E-state index is -0.542. The van der Waals surface area contributed by atoms with Gasteiger partial charge in [0.2, 0.25) is 0 Å². The lowest BCUT2D eigenvalue weighted by molar-refractivity contribution is -0.385. The van der Waals surface area contributed by atoms with E-state index in [9.17, 15) is 14.9 Å². The molecule has 0 heterocycles. The Hall–Kier alpha value is -2.80. The molecule has 2 rings (SSSR count). The number of nitro benzene ring substituents is 1. The minimum absolute atomic E-state index is 0.140. The summed E-state index contributed by atoms with van der Waals surface area (Å²) < 4.78 is 10.5. The van der Waals surface area contributed by atoms with Crippen LogP contribution >= 0.6 is 11.6 Å². The number of carbonyl (C=O) groups excluding carboxylic acids is 1. The highest BCUT2D eigenvalue weighted by Crippen LogP contribution is 2.31. The Morgan fingerprint density at radius 1 is 1.24 bits per heavy atom. The number of hydrogen-bond donors (Lipinski definition) is 0. The van der Waals surface area contributed by atoms with Gasteiger partial charge in [-0.15, -0.1) is 0 Å². The molecular formula is C17H17ClN2O5. The summed E-state index contributed by atoms with van der Waals surface area (Å²) in [7, 11) is 3.05. The third kappa shape index (κ3) is 5.09. The highest BCUT2D eigenvalue weighted by Gasteiger charge is 2.15. The van der Waals surface area contributed by atoms with Crippen LogP contribution < -0.4 is 9.47 Å². The SMILES string of the molecule is COc1ccc([N+](=O)[O-])cc1OCC(=O)N(C)Cc1cccc(Cl)c1. The van der Waals surface area contributed by atoms with Gasteiger partial charge < -0.3 is 14.4 Å². The molecule has 0 aliphatic carbocycles. The molecule has 0 spiro atoms. The molecule has 1 amide bonds. The smallest absolute Gasteiger partial charge is 0.273 e. The summed E-state index contributed by atoms with van der Waals surface area (Å²) in [5.74, 6) is 0.172. The Balaban J connectivity index is 2.01. The van der Waals surface area contributed by atoms with Crippen LogP contribution in [0.2, 0.25) is 5.02 Å². The fraction of sp³-hybridized carbons (Fsp3) is 0.235. The first-order chi connectivity index (χ1) is 11.9. The highest BCUT2D eigenvalue weighted by atomic mass is 35.5. The average molecular weight is 365 g/mol. The maximum absolute atomic E-state index is 12.2. The number of benzene rings is 2. The van der Waals surface area contributed by atoms with E-state index in [2.05, 4.69) is 0 Å². The van der Waals surface area contributed by atoms with Gasteiger partial charge in [-0.05, 0) is 23.8 Å². The van der Waals surface area contributed by atoms with E-state index in [-0.39, 0.29) is 24.0 Å². The van der Waals surface area contributed by atoms with Gasteiger partial charge in [0.15, 0.2) is 18.1 Å². The van der Waals surface area contributed by atoms with Gasteiger partial charge in [-0.25, -0.2) is 0 Å². The molecule has 0 unspecified atom stereocenters. The largest absolute Gasteiger partial charge is 0.493 e. The molecular weight excluding hydrogens is 348 g/mol. The zero-order valence-corrected chi connectivity index (χ0v) is 14.5. The zero-order valence-electron chi connectivity index (χ0n) is 13.8. The van der Waals surface area contributed by atoms with Crippen molar-refractivity contribution in [1.82, 2.24) is 4.90 Å². The Morgan fingerprint density at radius 3 is 2.64 bits per heavy atom. The van der Waals surface area contributed by atoms with Crippen molar-refractivity contribution in [2.75, 3.05) is 20.8 Å². The van der Waals surface area contributed by atoms with Crippen molar-refractivity contribution in [2.45, 2.75) is 6.54 Å². The number of nitrogens with zero attached hydrogens (tertiary/aromatic N) is 2. The molecule has 132 valence electrons. The molecule has 25 heavy (non-hydrogen) atoms. The van der Waals surface area contributed by atoms with E-state index in [1.54, 1.807) is 25.2 Å². The second-order valence-electron chi connectivity index (χ2n) is 5.26. The summed E-state index contributed by atoms with van der Waals surface area (Å²) in [4.78, 5) is 24.0. The number of carbonyl (C=O) groups is 1. The molecule has 0 radical (unpaired) electrons. The quantitative estimate of drug-likeness (QED) is 0.556. The molecule has 0 saturated heterocycles. The number of nitro groups is 1. The molecule has 7 nitrogen and oxygen atoms in total. The van der Waals surface area contributed by atoms with E-state index < -0.39 is 4.92 Å². The third-order valence-corrected chi connectivity index (χ3v) is 3.68. The summed E-state index contributed by atoms with van der Waals surface area (Å²) >= 11 is 5.93. The topological polar surface area (TPSA) is 81.9 Å². The Morgan fingerprint density at radius 2 is 2.00 bits per heavy atom. The maximum Gasteiger partial charge on any atom is 0.273 e. The number of hydrogen-bond acceptors (Lipinski definition) is 5. The van der Waals surface area contributed by atoms with E-state index in [1.807, 2.05) is 6.07 Å². The number of amides is 1. The summed E-state index contributed by atoms with van der Waals surface area (Å²) in [6.07, 6.45) is 0. The van der Waals surface area contributed by atoms with Gasteiger partial charge in [0, 0.05) is 24.7 Å². The predicted octanol–water partition coefficient (Wildman–Crippen LogP) is 3.29. The van der Waals surface area contributed by atoms with Crippen LogP contribution in [0.4, 0.5) is 5.69 Å². The monoisotopic (exact) mass is 364 g/mol. The first-order valence-electron chi connectivity index (χ1n) is 7.34. The second kappa shape index (κ2) is 8.34. The zero-order chi connectivity index (χ0) is 18.4. The van der Waals surface area contributed by atoms with Crippen molar-refractivity contribution >= 4 is 23.2 Å². The van der Waals surface area contributed by atoms with Crippen LogP contribution in [-0.4, -0.2) is 36.5 Å². The summed E-state index contributed by atoms with van der Waals surface area (Å²) in [5, 5.41) is 11.4. The summed E-state index contributed by atoms with van der Waals surface area (Å²) in [6, 6.07) is 11.1. The second-order valence-corrected chi connectivity index (χ2v) is 5.70. The van der Waals surface area contributed by atoms with Gasteiger partial charge in [0.05, 0.1) is 18.1 Å². The first kappa shape index (κ1) is 18.5. The van der Waals surface area contributed by atoms with Crippen LogP contribution in [0.5, 0.6) is 11.5 Å². The molecule has 2 aromatic rings. The number of methoxy groups -OCH3 is 1. The Bertz CT molecular complexity index is 781. The molecule has 0 saturated carbocycles. The number of ether oxygens (including phenoxy) is 2. The fourth-order valence-electron chi connectivity index (χ4n) is 2.14. The third-order valence-electron chi connectivity index (χ3n) is 3.44. The predicted molar refractivity (Wildman–Crippen MR) is 93.1 cm³/mol. The van der Waals surface area contributed by atoms with Crippen molar-refractivity contribution < 1.29 is 19.2 Å². The van der Waals surface area contributed by atoms with Gasteiger partial charge in [0.1, 0.15) is 0 Å². The first-order valence-corrected chi connectivity index (χ1v) is 7.72. The summed E-state index contributed by atoms with van der Waals surface area (Å²) in [5.41, 5.74) is 0.742. The number of rotatable bonds is 7. The molecule has 0 N–H and O–H groups in total. The van der Waals surface area contributed by atoms with Crippen molar-refractivity contribution in [1.29, 1.82) is 0 Å². The van der Waals surface area contributed by atoms with Crippen molar-refractivity contribution in [2.24, 2.45) is 0 Å². The van der Waals surface area contributed by atoms with Crippen molar-refractivity contribution in [3.63, 3.8) is 0 Å². The van der Waals surface area contributed by atoms with E-state index in [0.717, 1.165) is 5.56 Å². The average Bonchev–Trinajstić information content (AvgIpc) is 2.59. The van der Waals surface area contributed by atoms with Crippen LogP contribution in [0.15, 0.2) is 42.5 Å². The van der Waals surface area contributed by atoms with Crippen LogP contribution in [0.1, 0.15) is 5.56 Å². The number of halogens is 1. The lowest BCUT2D eigenvalue weighted by atomic mass is 10.2. The molecule has 8 heteroatoms. The van der Waals surface area contributed by atoms with Gasteiger partial charge in [0.25, 0.3) is 11.6 Å². The lowest BCUT2D eigenvalue weighted by Crippen LogP contribution is -2.31.